The van der Waals surface area contributed by atoms with E-state index in [9.17, 15) is 4.79 Å². The molecule has 4 fully saturated rings. The average molecular weight is 599 g/mol. The summed E-state index contributed by atoms with van der Waals surface area (Å²) in [5.74, 6) is 3.97. The van der Waals surface area contributed by atoms with Gasteiger partial charge in [0, 0.05) is 60.4 Å². The van der Waals surface area contributed by atoms with Crippen molar-refractivity contribution in [2.24, 2.45) is 17.8 Å². The Hall–Kier alpha value is -3.10. The van der Waals surface area contributed by atoms with E-state index in [4.69, 9.17) is 14.5 Å². The Bertz CT molecular complexity index is 1710. The van der Waals surface area contributed by atoms with E-state index in [0.29, 0.717) is 29.9 Å². The third-order valence-electron chi connectivity index (χ3n) is 10.9. The van der Waals surface area contributed by atoms with Crippen molar-refractivity contribution < 1.29 is 14.3 Å². The van der Waals surface area contributed by atoms with E-state index in [1.807, 2.05) is 13.2 Å². The van der Waals surface area contributed by atoms with Crippen molar-refractivity contribution >= 4 is 44.2 Å². The van der Waals surface area contributed by atoms with Crippen LogP contribution in [0.3, 0.4) is 0 Å². The minimum Gasteiger partial charge on any atom is -0.496 e. The monoisotopic (exact) mass is 598 g/mol. The summed E-state index contributed by atoms with van der Waals surface area (Å²) in [6.45, 7) is 8.35. The first-order valence-electron chi connectivity index (χ1n) is 16.1. The molecule has 4 aliphatic rings. The molecule has 0 spiro atoms. The Balaban J connectivity index is 1.19. The van der Waals surface area contributed by atoms with Crippen LogP contribution < -0.4 is 9.64 Å². The molecule has 2 saturated carbocycles. The summed E-state index contributed by atoms with van der Waals surface area (Å²) in [6, 6.07) is 11.2. The molecule has 226 valence electrons. The zero-order valence-electron chi connectivity index (χ0n) is 25.8. The maximum absolute atomic E-state index is 13.8. The molecule has 2 unspecified atom stereocenters. The Morgan fingerprint density at radius 3 is 2.53 bits per heavy atom. The number of anilines is 1. The van der Waals surface area contributed by atoms with Gasteiger partial charge < -0.3 is 23.8 Å². The fourth-order valence-electron chi connectivity index (χ4n) is 8.12. The number of aryl methyl sites for hydroxylation is 1. The number of likely N-dealkylation sites (tertiary alicyclic amines) is 1. The topological polar surface area (TPSA) is 59.8 Å². The molecule has 2 aliphatic heterocycles. The van der Waals surface area contributed by atoms with E-state index in [0.717, 1.165) is 78.3 Å². The lowest BCUT2D eigenvalue weighted by atomic mass is 10.0. The molecule has 0 radical (unpaired) electrons. The number of hydrogen-bond acceptors (Lipinski definition) is 6. The number of carbonyl (C=O) groups is 1. The molecule has 3 atom stereocenters. The molecule has 2 bridgehead atoms. The highest BCUT2D eigenvalue weighted by atomic mass is 32.1. The lowest BCUT2D eigenvalue weighted by molar-refractivity contribution is 0.0696. The van der Waals surface area contributed by atoms with Gasteiger partial charge in [0.15, 0.2) is 0 Å². The van der Waals surface area contributed by atoms with Gasteiger partial charge in [0.25, 0.3) is 5.91 Å². The summed E-state index contributed by atoms with van der Waals surface area (Å²) in [4.78, 5) is 24.9. The van der Waals surface area contributed by atoms with Crippen LogP contribution in [0.5, 0.6) is 5.75 Å². The second-order valence-corrected chi connectivity index (χ2v) is 14.5. The van der Waals surface area contributed by atoms with Gasteiger partial charge in [-0.3, -0.25) is 4.79 Å². The van der Waals surface area contributed by atoms with Crippen LogP contribution in [0.25, 0.3) is 31.7 Å². The lowest BCUT2D eigenvalue weighted by Crippen LogP contribution is -2.38. The molecule has 7 nitrogen and oxygen atoms in total. The van der Waals surface area contributed by atoms with E-state index < -0.39 is 0 Å². The average Bonchev–Trinajstić information content (AvgIpc) is 3.44. The second kappa shape index (κ2) is 10.5. The highest BCUT2D eigenvalue weighted by Crippen LogP contribution is 2.47. The number of benzene rings is 1. The quantitative estimate of drug-likeness (QED) is 0.227. The van der Waals surface area contributed by atoms with Gasteiger partial charge in [-0.1, -0.05) is 6.92 Å². The number of pyridine rings is 1. The largest absolute Gasteiger partial charge is 0.496 e. The summed E-state index contributed by atoms with van der Waals surface area (Å²) in [5.41, 5.74) is 4.26. The molecule has 3 aromatic heterocycles. The van der Waals surface area contributed by atoms with Crippen molar-refractivity contribution in [2.75, 3.05) is 38.8 Å². The molecule has 4 aromatic rings. The molecule has 2 saturated heterocycles. The van der Waals surface area contributed by atoms with Gasteiger partial charge in [-0.25, -0.2) is 4.98 Å². The fraction of sp³-hybridized carbons (Fsp3) is 0.543. The van der Waals surface area contributed by atoms with Gasteiger partial charge in [0.2, 0.25) is 0 Å². The number of piperidine rings is 2. The van der Waals surface area contributed by atoms with Crippen LogP contribution in [-0.2, 0) is 11.3 Å². The summed E-state index contributed by atoms with van der Waals surface area (Å²) in [7, 11) is 3.54. The van der Waals surface area contributed by atoms with E-state index in [1.54, 1.807) is 18.4 Å². The zero-order chi connectivity index (χ0) is 29.4. The predicted octanol–water partition coefficient (Wildman–Crippen LogP) is 7.13. The number of ether oxygens (including phenoxy) is 2. The Labute approximate surface area is 257 Å². The zero-order valence-corrected chi connectivity index (χ0v) is 26.6. The first-order chi connectivity index (χ1) is 20.9. The van der Waals surface area contributed by atoms with Crippen molar-refractivity contribution in [1.29, 1.82) is 0 Å². The first-order valence-corrected chi connectivity index (χ1v) is 17.0. The second-order valence-electron chi connectivity index (χ2n) is 13.4. The highest BCUT2D eigenvalue weighted by molar-refractivity contribution is 7.22. The highest BCUT2D eigenvalue weighted by Gasteiger charge is 2.46. The third kappa shape index (κ3) is 4.55. The lowest BCUT2D eigenvalue weighted by Gasteiger charge is -2.32. The minimum absolute atomic E-state index is 0.154. The number of nitrogens with zero attached hydrogens (tertiary/aromatic N) is 4. The predicted molar refractivity (Wildman–Crippen MR) is 174 cm³/mol. The smallest absolute Gasteiger partial charge is 0.254 e. The van der Waals surface area contributed by atoms with E-state index in [1.165, 1.54) is 40.8 Å². The summed E-state index contributed by atoms with van der Waals surface area (Å²) in [5, 5.41) is 2.30. The molecular weight excluding hydrogens is 556 g/mol. The number of fused-ring (bicyclic) bond motifs is 4. The number of amides is 1. The van der Waals surface area contributed by atoms with E-state index in [2.05, 4.69) is 52.5 Å². The molecular formula is C35H42N4O3S. The summed E-state index contributed by atoms with van der Waals surface area (Å²) < 4.78 is 15.1. The van der Waals surface area contributed by atoms with Gasteiger partial charge in [-0.2, -0.15) is 0 Å². The number of methoxy groups -OCH3 is 2. The number of hydrogen-bond donors (Lipinski definition) is 0. The first kappa shape index (κ1) is 27.4. The Kier molecular flexibility index (Phi) is 6.71. The number of carbonyl (C=O) groups excluding carboxylic acids is 1. The van der Waals surface area contributed by atoms with Crippen molar-refractivity contribution in [1.82, 2.24) is 14.5 Å². The number of aromatic nitrogens is 2. The van der Waals surface area contributed by atoms with Crippen molar-refractivity contribution in [3.63, 3.8) is 0 Å². The Morgan fingerprint density at radius 2 is 1.86 bits per heavy atom. The molecule has 1 amide bonds. The molecule has 43 heavy (non-hydrogen) atoms. The minimum atomic E-state index is 0.154. The van der Waals surface area contributed by atoms with Crippen LogP contribution >= 0.6 is 11.3 Å². The number of rotatable bonds is 7. The van der Waals surface area contributed by atoms with Gasteiger partial charge in [-0.05, 0) is 99.1 Å². The van der Waals surface area contributed by atoms with Gasteiger partial charge >= 0.3 is 0 Å². The van der Waals surface area contributed by atoms with Crippen LogP contribution in [0.15, 0.2) is 30.3 Å². The van der Waals surface area contributed by atoms with Gasteiger partial charge in [0.1, 0.15) is 17.2 Å². The van der Waals surface area contributed by atoms with Crippen LogP contribution in [0.2, 0.25) is 0 Å². The van der Waals surface area contributed by atoms with Crippen LogP contribution in [0.4, 0.5) is 5.82 Å². The maximum atomic E-state index is 13.8. The van der Waals surface area contributed by atoms with Crippen LogP contribution in [0, 0.1) is 24.7 Å². The maximum Gasteiger partial charge on any atom is 0.254 e. The van der Waals surface area contributed by atoms with Crippen molar-refractivity contribution in [3.8, 4) is 16.3 Å². The third-order valence-corrected chi connectivity index (χ3v) is 12.2. The van der Waals surface area contributed by atoms with Gasteiger partial charge in [-0.15, -0.1) is 11.3 Å². The molecule has 8 rings (SSSR count). The molecule has 1 aromatic carbocycles. The van der Waals surface area contributed by atoms with Crippen LogP contribution in [-0.4, -0.2) is 66.4 Å². The number of thiophene rings is 1. The summed E-state index contributed by atoms with van der Waals surface area (Å²) in [6.07, 6.45) is 7.37. The van der Waals surface area contributed by atoms with E-state index >= 15 is 0 Å². The van der Waals surface area contributed by atoms with E-state index in [-0.39, 0.29) is 5.91 Å². The summed E-state index contributed by atoms with van der Waals surface area (Å²) >= 11 is 1.78. The Morgan fingerprint density at radius 1 is 1.05 bits per heavy atom. The molecule has 0 N–H and O–H groups in total. The van der Waals surface area contributed by atoms with Crippen LogP contribution in [0.1, 0.15) is 61.4 Å². The van der Waals surface area contributed by atoms with Crippen molar-refractivity contribution in [2.45, 2.75) is 71.1 Å². The fourth-order valence-corrected chi connectivity index (χ4v) is 9.41. The SMILES string of the molecule is COc1cc(C(=O)N2CC3CCC2[C@@H]3C)cc2sc(-c3cc4ccc(N5CCC(OC)CC5)nc4n3CC3CC3)c(C)c12. The normalized spacial score (nSPS) is 24.1. The van der Waals surface area contributed by atoms with Gasteiger partial charge in [0.05, 0.1) is 23.8 Å². The van der Waals surface area contributed by atoms with Crippen molar-refractivity contribution in [3.05, 3.63) is 41.5 Å². The molecule has 8 heteroatoms. The standard InChI is InChI=1S/C35H42N4O3S/c1-20-24-7-9-27(20)39(19-24)35(40)25-16-29(42-4)32-21(2)33(43-30(32)17-25)28-15-23-8-10-31(37-13-11-26(41-3)12-14-37)36-34(23)38(28)18-22-5-6-22/h8,10,15-17,20,22,24,26-27H,5-7,9,11-14,18-19H2,1-4H3/t20-,24?,27?/m1/s1. The molecule has 2 aliphatic carbocycles. The molecule has 5 heterocycles.